The summed E-state index contributed by atoms with van der Waals surface area (Å²) in [6.45, 7) is 3.48. The molecule has 32 heavy (non-hydrogen) atoms. The van der Waals surface area contributed by atoms with E-state index in [1.54, 1.807) is 48.5 Å². The number of rotatable bonds is 3. The average molecular weight is 441 g/mol. The molecule has 4 nitrogen and oxygen atoms in total. The van der Waals surface area contributed by atoms with Gasteiger partial charge in [-0.15, -0.1) is 0 Å². The first kappa shape index (κ1) is 24.6. The van der Waals surface area contributed by atoms with Crippen LogP contribution in [0, 0.1) is 11.3 Å². The van der Waals surface area contributed by atoms with Crippen LogP contribution in [0.2, 0.25) is 5.02 Å². The molecule has 0 bridgehead atoms. The minimum atomic E-state index is -1.34. The Hall–Kier alpha value is -3.69. The smallest absolute Gasteiger partial charge is 0.423 e. The normalized spacial score (nSPS) is 9.19. The molecule has 0 saturated heterocycles. The van der Waals surface area contributed by atoms with E-state index in [1.165, 1.54) is 11.1 Å². The molecule has 0 fully saturated rings. The van der Waals surface area contributed by atoms with Gasteiger partial charge in [0.15, 0.2) is 0 Å². The summed E-state index contributed by atoms with van der Waals surface area (Å²) in [7, 11) is -1.34. The second-order valence-electron chi connectivity index (χ2n) is 6.47. The summed E-state index contributed by atoms with van der Waals surface area (Å²) >= 11 is 5.56. The quantitative estimate of drug-likeness (QED) is 0.337. The Morgan fingerprint density at radius 3 is 1.66 bits per heavy atom. The van der Waals surface area contributed by atoms with Crippen LogP contribution < -0.4 is 5.46 Å². The van der Waals surface area contributed by atoms with Crippen molar-refractivity contribution in [2.24, 2.45) is 4.99 Å². The molecule has 0 atom stereocenters. The molecule has 4 rings (SSSR count). The highest BCUT2D eigenvalue weighted by Crippen LogP contribution is 2.21. The molecule has 0 amide bonds. The predicted molar refractivity (Wildman–Crippen MR) is 134 cm³/mol. The average Bonchev–Trinajstić information content (AvgIpc) is 2.86. The van der Waals surface area contributed by atoms with Crippen LogP contribution >= 0.6 is 11.6 Å². The minimum absolute atomic E-state index is 0.525. The minimum Gasteiger partial charge on any atom is -0.423 e. The van der Waals surface area contributed by atoms with Gasteiger partial charge in [0.25, 0.3) is 0 Å². The van der Waals surface area contributed by atoms with Gasteiger partial charge in [-0.1, -0.05) is 84.4 Å². The Balaban J connectivity index is 0.000000178. The number of aliphatic imine (C=N–C) groups is 1. The molecule has 0 aliphatic heterocycles. The second kappa shape index (κ2) is 13.6. The molecule has 0 spiro atoms. The number of halogens is 1. The zero-order valence-electron chi connectivity index (χ0n) is 17.3. The monoisotopic (exact) mass is 440 g/mol. The van der Waals surface area contributed by atoms with Crippen molar-refractivity contribution in [2.45, 2.75) is 0 Å². The van der Waals surface area contributed by atoms with Gasteiger partial charge in [0, 0.05) is 5.02 Å². The molecule has 4 aromatic carbocycles. The zero-order valence-corrected chi connectivity index (χ0v) is 18.1. The Morgan fingerprint density at radius 2 is 1.22 bits per heavy atom. The number of nitrogens with zero attached hydrogens (tertiary/aromatic N) is 2. The Morgan fingerprint density at radius 1 is 0.719 bits per heavy atom. The Kier molecular flexibility index (Phi) is 10.4. The molecular formula is C26H22BClN2O2. The van der Waals surface area contributed by atoms with Crippen LogP contribution in [0.25, 0.3) is 11.1 Å². The lowest BCUT2D eigenvalue weighted by atomic mass is 9.81. The van der Waals surface area contributed by atoms with Gasteiger partial charge in [-0.3, -0.25) is 4.99 Å². The fourth-order valence-corrected chi connectivity index (χ4v) is 2.67. The zero-order chi connectivity index (χ0) is 23.2. The third kappa shape index (κ3) is 8.59. The van der Waals surface area contributed by atoms with Crippen molar-refractivity contribution in [3.63, 3.8) is 0 Å². The maximum Gasteiger partial charge on any atom is 0.488 e. The number of nitriles is 1. The van der Waals surface area contributed by atoms with Crippen molar-refractivity contribution >= 4 is 36.6 Å². The Bertz CT molecular complexity index is 1110. The van der Waals surface area contributed by atoms with Crippen LogP contribution in [-0.4, -0.2) is 23.9 Å². The van der Waals surface area contributed by atoms with Gasteiger partial charge in [-0.05, 0) is 59.7 Å². The van der Waals surface area contributed by atoms with Crippen molar-refractivity contribution in [2.75, 3.05) is 0 Å². The van der Waals surface area contributed by atoms with Crippen molar-refractivity contribution in [3.05, 3.63) is 120 Å². The van der Waals surface area contributed by atoms with Crippen LogP contribution in [0.15, 0.2) is 114 Å². The molecule has 0 aliphatic carbocycles. The van der Waals surface area contributed by atoms with Gasteiger partial charge in [0.05, 0.1) is 17.3 Å². The summed E-state index contributed by atoms with van der Waals surface area (Å²) in [5, 5.41) is 26.2. The third-order valence-electron chi connectivity index (χ3n) is 4.23. The van der Waals surface area contributed by atoms with Crippen LogP contribution in [0.4, 0.5) is 5.69 Å². The van der Waals surface area contributed by atoms with Crippen molar-refractivity contribution in [1.82, 2.24) is 0 Å². The number of benzene rings is 4. The van der Waals surface area contributed by atoms with E-state index in [4.69, 9.17) is 26.9 Å². The number of hydrogen-bond donors (Lipinski definition) is 2. The van der Waals surface area contributed by atoms with Crippen LogP contribution in [-0.2, 0) is 0 Å². The fraction of sp³-hybridized carbons (Fsp3) is 0. The van der Waals surface area contributed by atoms with E-state index < -0.39 is 7.12 Å². The number of hydrogen-bond acceptors (Lipinski definition) is 4. The van der Waals surface area contributed by atoms with E-state index in [9.17, 15) is 0 Å². The first-order valence-corrected chi connectivity index (χ1v) is 10.1. The lowest BCUT2D eigenvalue weighted by molar-refractivity contribution is 0.426. The molecule has 0 radical (unpaired) electrons. The van der Waals surface area contributed by atoms with E-state index in [0.29, 0.717) is 16.0 Å². The van der Waals surface area contributed by atoms with Crippen LogP contribution in [0.1, 0.15) is 5.56 Å². The van der Waals surface area contributed by atoms with E-state index in [-0.39, 0.29) is 0 Å². The van der Waals surface area contributed by atoms with Crippen molar-refractivity contribution < 1.29 is 10.0 Å². The predicted octanol–water partition coefficient (Wildman–Crippen LogP) is 5.26. The molecule has 0 unspecified atom stereocenters. The Labute approximate surface area is 193 Å². The lowest BCUT2D eigenvalue weighted by Gasteiger charge is -2.00. The largest absolute Gasteiger partial charge is 0.488 e. The summed E-state index contributed by atoms with van der Waals surface area (Å²) in [5.41, 5.74) is 4.50. The van der Waals surface area contributed by atoms with Gasteiger partial charge in [0.2, 0.25) is 0 Å². The second-order valence-corrected chi connectivity index (χ2v) is 6.91. The molecule has 2 N–H and O–H groups in total. The van der Waals surface area contributed by atoms with Crippen molar-refractivity contribution in [3.8, 4) is 17.2 Å². The van der Waals surface area contributed by atoms with E-state index >= 15 is 0 Å². The molecule has 0 aliphatic rings. The van der Waals surface area contributed by atoms with Gasteiger partial charge in [-0.2, -0.15) is 5.26 Å². The SMILES string of the molecule is C=Nc1ccc(-c2ccccc2)cc1.N#Cc1ccc(Cl)cc1.OB(O)c1ccccc1. The van der Waals surface area contributed by atoms with Gasteiger partial charge in [-0.25, -0.2) is 0 Å². The first-order valence-electron chi connectivity index (χ1n) is 9.72. The van der Waals surface area contributed by atoms with E-state index in [1.807, 2.05) is 42.5 Å². The summed E-state index contributed by atoms with van der Waals surface area (Å²) in [4.78, 5) is 3.86. The first-order chi connectivity index (χ1) is 15.5. The van der Waals surface area contributed by atoms with E-state index in [0.717, 1.165) is 5.69 Å². The van der Waals surface area contributed by atoms with Gasteiger partial charge < -0.3 is 10.0 Å². The fourth-order valence-electron chi connectivity index (χ4n) is 2.54. The summed E-state index contributed by atoms with van der Waals surface area (Å²) < 4.78 is 0. The molecule has 0 aromatic heterocycles. The van der Waals surface area contributed by atoms with Crippen LogP contribution in [0.5, 0.6) is 0 Å². The topological polar surface area (TPSA) is 76.6 Å². The molecule has 158 valence electrons. The molecular weight excluding hydrogens is 419 g/mol. The van der Waals surface area contributed by atoms with E-state index in [2.05, 4.69) is 36.0 Å². The summed E-state index contributed by atoms with van der Waals surface area (Å²) in [6, 6.07) is 35.7. The molecule has 6 heteroatoms. The molecule has 0 heterocycles. The van der Waals surface area contributed by atoms with Gasteiger partial charge >= 0.3 is 7.12 Å². The third-order valence-corrected chi connectivity index (χ3v) is 4.48. The highest BCUT2D eigenvalue weighted by molar-refractivity contribution is 6.58. The summed E-state index contributed by atoms with van der Waals surface area (Å²) in [6.07, 6.45) is 0. The maximum absolute atomic E-state index is 8.58. The lowest BCUT2D eigenvalue weighted by Crippen LogP contribution is -2.29. The molecule has 0 saturated carbocycles. The maximum atomic E-state index is 8.58. The molecule has 4 aromatic rings. The van der Waals surface area contributed by atoms with Gasteiger partial charge in [0.1, 0.15) is 0 Å². The standard InChI is InChI=1S/C13H11N.C7H4ClN.C6H7BO2/c1-14-13-9-7-12(8-10-13)11-5-3-2-4-6-11;8-7-3-1-6(5-9)2-4-7;8-7(9)6-4-2-1-3-5-6/h2-10H,1H2;1-4H;1-5,8-9H. The van der Waals surface area contributed by atoms with Crippen molar-refractivity contribution in [1.29, 1.82) is 5.26 Å². The highest BCUT2D eigenvalue weighted by Gasteiger charge is 2.07. The summed E-state index contributed by atoms with van der Waals surface area (Å²) in [5.74, 6) is 0. The highest BCUT2D eigenvalue weighted by atomic mass is 35.5. The van der Waals surface area contributed by atoms with Crippen LogP contribution in [0.3, 0.4) is 0 Å².